The van der Waals surface area contributed by atoms with Crippen molar-refractivity contribution in [2.75, 3.05) is 19.8 Å². The van der Waals surface area contributed by atoms with Crippen LogP contribution in [0.25, 0.3) is 0 Å². The molecule has 2 aliphatic rings. The highest BCUT2D eigenvalue weighted by molar-refractivity contribution is 5.95. The van der Waals surface area contributed by atoms with E-state index in [9.17, 15) is 14.7 Å². The molecule has 0 atom stereocenters. The van der Waals surface area contributed by atoms with E-state index in [2.05, 4.69) is 10.4 Å². The summed E-state index contributed by atoms with van der Waals surface area (Å²) in [5.74, 6) is -0.761. The number of hydrogen-bond acceptors (Lipinski definition) is 4. The van der Waals surface area contributed by atoms with E-state index in [0.29, 0.717) is 37.5 Å². The molecule has 1 saturated heterocycles. The number of nitrogens with zero attached hydrogens (tertiary/aromatic N) is 2. The van der Waals surface area contributed by atoms with Gasteiger partial charge in [0.15, 0.2) is 0 Å². The Morgan fingerprint density at radius 2 is 2.00 bits per heavy atom. The Labute approximate surface area is 147 Å². The van der Waals surface area contributed by atoms with Crippen molar-refractivity contribution in [3.8, 4) is 0 Å². The number of aromatic nitrogens is 2. The summed E-state index contributed by atoms with van der Waals surface area (Å²) in [5.41, 5.74) is 0.513. The van der Waals surface area contributed by atoms with Gasteiger partial charge in [0.1, 0.15) is 0 Å². The van der Waals surface area contributed by atoms with Crippen LogP contribution in [-0.4, -0.2) is 46.5 Å². The van der Waals surface area contributed by atoms with Crippen LogP contribution in [0, 0.1) is 5.41 Å². The van der Waals surface area contributed by atoms with Gasteiger partial charge >= 0.3 is 5.97 Å². The predicted molar refractivity (Wildman–Crippen MR) is 91.5 cm³/mol. The minimum Gasteiger partial charge on any atom is -0.481 e. The molecule has 0 radical (unpaired) electrons. The maximum absolute atomic E-state index is 12.7. The highest BCUT2D eigenvalue weighted by Crippen LogP contribution is 2.34. The topological polar surface area (TPSA) is 93.5 Å². The van der Waals surface area contributed by atoms with Gasteiger partial charge in [-0.3, -0.25) is 14.3 Å². The number of nitrogens with one attached hydrogen (secondary N) is 1. The Hall–Kier alpha value is -1.89. The fourth-order valence-corrected chi connectivity index (χ4v) is 3.93. The first-order valence-corrected chi connectivity index (χ1v) is 9.15. The number of carbonyl (C=O) groups excluding carboxylic acids is 1. The third kappa shape index (κ3) is 3.86. The fourth-order valence-electron chi connectivity index (χ4n) is 3.93. The van der Waals surface area contributed by atoms with Gasteiger partial charge in [-0.1, -0.05) is 19.3 Å². The number of ether oxygens (including phenoxy) is 1. The van der Waals surface area contributed by atoms with Crippen molar-refractivity contribution in [3.05, 3.63) is 17.5 Å². The van der Waals surface area contributed by atoms with Gasteiger partial charge in [0, 0.05) is 38.9 Å². The van der Waals surface area contributed by atoms with Crippen LogP contribution in [0.5, 0.6) is 0 Å². The highest BCUT2D eigenvalue weighted by atomic mass is 16.5. The molecule has 7 nitrogen and oxygen atoms in total. The smallest absolute Gasteiger partial charge is 0.311 e. The number of rotatable bonds is 5. The van der Waals surface area contributed by atoms with Gasteiger partial charge in [-0.05, 0) is 25.7 Å². The second-order valence-electron chi connectivity index (χ2n) is 7.32. The summed E-state index contributed by atoms with van der Waals surface area (Å²) >= 11 is 0. The molecule has 2 heterocycles. The lowest BCUT2D eigenvalue weighted by Crippen LogP contribution is -2.46. The maximum atomic E-state index is 12.7. The van der Waals surface area contributed by atoms with Gasteiger partial charge in [0.25, 0.3) is 5.91 Å². The van der Waals surface area contributed by atoms with Gasteiger partial charge in [0.2, 0.25) is 0 Å². The molecular weight excluding hydrogens is 322 g/mol. The quantitative estimate of drug-likeness (QED) is 0.849. The number of carboxylic acids is 1. The Bertz CT molecular complexity index is 628. The molecule has 2 N–H and O–H groups in total. The van der Waals surface area contributed by atoms with Crippen LogP contribution in [-0.2, 0) is 16.6 Å². The highest BCUT2D eigenvalue weighted by Gasteiger charge is 2.40. The molecule has 0 bridgehead atoms. The summed E-state index contributed by atoms with van der Waals surface area (Å²) in [6.45, 7) is 0.967. The molecule has 0 spiro atoms. The van der Waals surface area contributed by atoms with Crippen LogP contribution >= 0.6 is 0 Å². The second-order valence-corrected chi connectivity index (χ2v) is 7.32. The monoisotopic (exact) mass is 349 g/mol. The first kappa shape index (κ1) is 17.9. The summed E-state index contributed by atoms with van der Waals surface area (Å²) < 4.78 is 6.96. The van der Waals surface area contributed by atoms with E-state index in [-0.39, 0.29) is 12.5 Å². The molecule has 1 amide bonds. The summed E-state index contributed by atoms with van der Waals surface area (Å²) in [4.78, 5) is 24.5. The van der Waals surface area contributed by atoms with Crippen molar-refractivity contribution in [2.45, 2.75) is 50.9 Å². The molecular formula is C18H27N3O4. The molecule has 1 aliphatic carbocycles. The Kier molecular flexibility index (Phi) is 5.42. The summed E-state index contributed by atoms with van der Waals surface area (Å²) in [7, 11) is 1.82. The first-order valence-electron chi connectivity index (χ1n) is 9.15. The molecule has 1 aromatic rings. The number of amides is 1. The van der Waals surface area contributed by atoms with Crippen LogP contribution in [0.4, 0.5) is 0 Å². The van der Waals surface area contributed by atoms with Crippen molar-refractivity contribution in [2.24, 2.45) is 12.5 Å². The van der Waals surface area contributed by atoms with Crippen LogP contribution < -0.4 is 5.32 Å². The van der Waals surface area contributed by atoms with Gasteiger partial charge < -0.3 is 15.2 Å². The van der Waals surface area contributed by atoms with Crippen molar-refractivity contribution >= 4 is 11.9 Å². The van der Waals surface area contributed by atoms with Crippen molar-refractivity contribution in [3.63, 3.8) is 0 Å². The van der Waals surface area contributed by atoms with Gasteiger partial charge in [0.05, 0.1) is 16.7 Å². The van der Waals surface area contributed by atoms with Crippen molar-refractivity contribution in [1.29, 1.82) is 0 Å². The zero-order valence-corrected chi connectivity index (χ0v) is 14.8. The minimum absolute atomic E-state index is 0.128. The van der Waals surface area contributed by atoms with Crippen LogP contribution in [0.1, 0.15) is 66.9 Å². The lowest BCUT2D eigenvalue weighted by Gasteiger charge is -2.33. The zero-order valence-electron chi connectivity index (χ0n) is 14.8. The molecule has 2 fully saturated rings. The van der Waals surface area contributed by atoms with E-state index >= 15 is 0 Å². The van der Waals surface area contributed by atoms with E-state index in [1.807, 2.05) is 7.05 Å². The molecule has 1 saturated carbocycles. The van der Waals surface area contributed by atoms with Crippen molar-refractivity contribution in [1.82, 2.24) is 15.1 Å². The normalized spacial score (nSPS) is 21.0. The standard InChI is InChI=1S/C18H27N3O4/c1-21-11-14(15(20-21)13-5-3-2-4-6-13)16(22)19-12-18(17(23)24)7-9-25-10-8-18/h11,13H,2-10,12H2,1H3,(H,19,22)(H,23,24). The molecule has 0 unspecified atom stereocenters. The zero-order chi connectivity index (χ0) is 17.9. The number of carbonyl (C=O) groups is 2. The molecule has 3 rings (SSSR count). The average molecular weight is 349 g/mol. The molecule has 138 valence electrons. The lowest BCUT2D eigenvalue weighted by molar-refractivity contribution is -0.154. The van der Waals surface area contributed by atoms with E-state index < -0.39 is 11.4 Å². The molecule has 0 aromatic carbocycles. The van der Waals surface area contributed by atoms with Crippen LogP contribution in [0.15, 0.2) is 6.20 Å². The van der Waals surface area contributed by atoms with E-state index in [0.717, 1.165) is 18.5 Å². The number of carboxylic acid groups (broad SMARTS) is 1. The van der Waals surface area contributed by atoms with Gasteiger partial charge in [-0.25, -0.2) is 0 Å². The molecule has 1 aliphatic heterocycles. The predicted octanol–water partition coefficient (Wildman–Crippen LogP) is 2.08. The summed E-state index contributed by atoms with van der Waals surface area (Å²) in [6.07, 6.45) is 8.30. The second kappa shape index (κ2) is 7.56. The Morgan fingerprint density at radius 1 is 1.32 bits per heavy atom. The largest absolute Gasteiger partial charge is 0.481 e. The summed E-state index contributed by atoms with van der Waals surface area (Å²) in [5, 5.41) is 17.0. The van der Waals surface area contributed by atoms with Gasteiger partial charge in [-0.15, -0.1) is 0 Å². The molecule has 25 heavy (non-hydrogen) atoms. The Morgan fingerprint density at radius 3 is 2.64 bits per heavy atom. The Balaban J connectivity index is 1.71. The lowest BCUT2D eigenvalue weighted by atomic mass is 9.80. The third-order valence-electron chi connectivity index (χ3n) is 5.58. The SMILES string of the molecule is Cn1cc(C(=O)NCC2(C(=O)O)CCOCC2)c(C2CCCCC2)n1. The molecule has 7 heteroatoms. The molecule has 1 aromatic heterocycles. The summed E-state index contributed by atoms with van der Waals surface area (Å²) in [6, 6.07) is 0. The van der Waals surface area contributed by atoms with E-state index in [1.165, 1.54) is 19.3 Å². The number of aryl methyl sites for hydroxylation is 1. The third-order valence-corrected chi connectivity index (χ3v) is 5.58. The maximum Gasteiger partial charge on any atom is 0.311 e. The first-order chi connectivity index (χ1) is 12.0. The number of hydrogen-bond donors (Lipinski definition) is 2. The fraction of sp³-hybridized carbons (Fsp3) is 0.722. The average Bonchev–Trinajstić information content (AvgIpc) is 3.03. The number of aliphatic carboxylic acids is 1. The van der Waals surface area contributed by atoms with Crippen LogP contribution in [0.2, 0.25) is 0 Å². The van der Waals surface area contributed by atoms with E-state index in [1.54, 1.807) is 10.9 Å². The minimum atomic E-state index is -0.929. The van der Waals surface area contributed by atoms with Crippen molar-refractivity contribution < 1.29 is 19.4 Å². The van der Waals surface area contributed by atoms with E-state index in [4.69, 9.17) is 4.74 Å². The van der Waals surface area contributed by atoms with Gasteiger partial charge in [-0.2, -0.15) is 5.10 Å². The van der Waals surface area contributed by atoms with Crippen LogP contribution in [0.3, 0.4) is 0 Å².